The highest BCUT2D eigenvalue weighted by Crippen LogP contribution is 2.46. The predicted octanol–water partition coefficient (Wildman–Crippen LogP) is 4.61. The monoisotopic (exact) mass is 734 g/mol. The van der Waals surface area contributed by atoms with Crippen LogP contribution < -0.4 is 25.8 Å². The Bertz CT molecular complexity index is 1870. The maximum Gasteiger partial charge on any atom is 0.408 e. The predicted molar refractivity (Wildman–Crippen MR) is 195 cm³/mol. The van der Waals surface area contributed by atoms with E-state index in [9.17, 15) is 19.2 Å². The van der Waals surface area contributed by atoms with Crippen LogP contribution >= 0.6 is 11.3 Å². The van der Waals surface area contributed by atoms with Gasteiger partial charge in [0.25, 0.3) is 0 Å². The third kappa shape index (κ3) is 7.50. The van der Waals surface area contributed by atoms with Crippen molar-refractivity contribution >= 4 is 51.2 Å². The van der Waals surface area contributed by atoms with Gasteiger partial charge < -0.3 is 40.2 Å². The standard InChI is InChI=1S/C37H46N6O8S/c1-7-20-17-37(20,33(46)49-6)42-31(44)28-15-23(18-43(28)32(45)30(36(2,3)4)41-35(47)51-21-10-8-9-11-21)50-29-16-26(27-19-52-34(38)40-27)39-25-14-22(48-5)12-13-24(25)29/h7,12-14,16,19-21,23,28,30H,1,8-11,15,17-18H2,2-6H3,(H2,38,40)(H,41,47)(H,42,44)/t20-,23?,28+,30?,37-/m1/s1. The molecule has 4 N–H and O–H groups in total. The molecular weight excluding hydrogens is 689 g/mol. The molecule has 2 aromatic heterocycles. The number of pyridine rings is 1. The Balaban J connectivity index is 1.33. The van der Waals surface area contributed by atoms with E-state index in [4.69, 9.17) is 29.7 Å². The first-order valence-electron chi connectivity index (χ1n) is 17.4. The molecule has 3 aromatic rings. The number of thiazole rings is 1. The summed E-state index contributed by atoms with van der Waals surface area (Å²) in [6.45, 7) is 9.31. The minimum absolute atomic E-state index is 0.0118. The number of hydrogen-bond donors (Lipinski definition) is 3. The zero-order valence-electron chi connectivity index (χ0n) is 30.1. The molecule has 14 nitrogen and oxygen atoms in total. The smallest absolute Gasteiger partial charge is 0.408 e. The third-order valence-corrected chi connectivity index (χ3v) is 10.7. The number of aromatic nitrogens is 2. The number of anilines is 1. The molecule has 0 radical (unpaired) electrons. The van der Waals surface area contributed by atoms with E-state index >= 15 is 0 Å². The van der Waals surface area contributed by atoms with Crippen molar-refractivity contribution in [3.05, 3.63) is 42.3 Å². The average Bonchev–Trinajstić information content (AvgIpc) is 3.52. The van der Waals surface area contributed by atoms with Crippen LogP contribution in [-0.2, 0) is 23.9 Å². The first-order valence-corrected chi connectivity index (χ1v) is 18.3. The zero-order valence-corrected chi connectivity index (χ0v) is 30.9. The summed E-state index contributed by atoms with van der Waals surface area (Å²) in [5.74, 6) is -0.883. The molecule has 2 aliphatic carbocycles. The molecule has 2 unspecified atom stereocenters. The zero-order chi connectivity index (χ0) is 37.4. The van der Waals surface area contributed by atoms with Crippen LogP contribution in [0.1, 0.15) is 59.3 Å². The lowest BCUT2D eigenvalue weighted by atomic mass is 9.85. The molecule has 0 spiro atoms. The number of esters is 1. The van der Waals surface area contributed by atoms with Crippen LogP contribution in [0.3, 0.4) is 0 Å². The topological polar surface area (TPSA) is 184 Å². The summed E-state index contributed by atoms with van der Waals surface area (Å²) in [7, 11) is 2.83. The number of nitrogens with zero attached hydrogens (tertiary/aromatic N) is 3. The number of nitrogens with one attached hydrogen (secondary N) is 2. The normalized spacial score (nSPS) is 23.5. The van der Waals surface area contributed by atoms with Crippen molar-refractivity contribution in [1.29, 1.82) is 0 Å². The maximum absolute atomic E-state index is 14.6. The van der Waals surface area contributed by atoms with Crippen LogP contribution in [0.5, 0.6) is 11.5 Å². The van der Waals surface area contributed by atoms with Gasteiger partial charge in [0, 0.05) is 35.2 Å². The summed E-state index contributed by atoms with van der Waals surface area (Å²) in [6, 6.07) is 5.07. The Hall–Kier alpha value is -4.92. The number of alkyl carbamates (subject to hydrolysis) is 1. The van der Waals surface area contributed by atoms with E-state index in [2.05, 4.69) is 22.2 Å². The maximum atomic E-state index is 14.6. The number of nitrogens with two attached hydrogens (primary N) is 1. The summed E-state index contributed by atoms with van der Waals surface area (Å²) in [5, 5.41) is 8.55. The molecule has 15 heteroatoms. The Kier molecular flexibility index (Phi) is 10.4. The van der Waals surface area contributed by atoms with Gasteiger partial charge in [0.2, 0.25) is 11.8 Å². The number of rotatable bonds is 11. The molecule has 3 aliphatic rings. The summed E-state index contributed by atoms with van der Waals surface area (Å²) in [6.07, 6.45) is 3.97. The van der Waals surface area contributed by atoms with Gasteiger partial charge in [-0.25, -0.2) is 19.6 Å². The van der Waals surface area contributed by atoms with E-state index in [-0.39, 0.29) is 25.0 Å². The van der Waals surface area contributed by atoms with Gasteiger partial charge in [-0.15, -0.1) is 17.9 Å². The molecule has 278 valence electrons. The second-order valence-electron chi connectivity index (χ2n) is 14.7. The van der Waals surface area contributed by atoms with E-state index in [1.165, 1.54) is 23.3 Å². The van der Waals surface area contributed by atoms with Crippen LogP contribution in [0.4, 0.5) is 9.93 Å². The average molecular weight is 735 g/mol. The van der Waals surface area contributed by atoms with Gasteiger partial charge in [-0.1, -0.05) is 26.8 Å². The number of carbonyl (C=O) groups excluding carboxylic acids is 4. The molecule has 3 amide bonds. The van der Waals surface area contributed by atoms with Crippen molar-refractivity contribution in [3.8, 4) is 22.9 Å². The van der Waals surface area contributed by atoms with E-state index in [1.807, 2.05) is 26.8 Å². The molecule has 2 saturated carbocycles. The Morgan fingerprint density at radius 1 is 1.10 bits per heavy atom. The lowest BCUT2D eigenvalue weighted by Gasteiger charge is -2.35. The van der Waals surface area contributed by atoms with Crippen LogP contribution in [0.25, 0.3) is 22.3 Å². The Labute approximate surface area is 306 Å². The number of amides is 3. The molecule has 0 bridgehead atoms. The van der Waals surface area contributed by atoms with Crippen LogP contribution in [0.2, 0.25) is 0 Å². The molecule has 1 aromatic carbocycles. The summed E-state index contributed by atoms with van der Waals surface area (Å²) in [4.78, 5) is 65.3. The molecular formula is C37H46N6O8S. The minimum Gasteiger partial charge on any atom is -0.497 e. The lowest BCUT2D eigenvalue weighted by molar-refractivity contribution is -0.148. The molecule has 3 heterocycles. The van der Waals surface area contributed by atoms with Gasteiger partial charge >= 0.3 is 12.1 Å². The first kappa shape index (κ1) is 36.9. The quantitative estimate of drug-likeness (QED) is 0.185. The molecule has 1 aliphatic heterocycles. The largest absolute Gasteiger partial charge is 0.497 e. The number of likely N-dealkylation sites (tertiary alicyclic amines) is 1. The molecule has 5 atom stereocenters. The number of nitrogen functional groups attached to an aromatic ring is 1. The summed E-state index contributed by atoms with van der Waals surface area (Å²) in [5.41, 5.74) is 5.57. The van der Waals surface area contributed by atoms with Crippen molar-refractivity contribution in [2.45, 2.75) is 89.1 Å². The number of ether oxygens (including phenoxy) is 4. The van der Waals surface area contributed by atoms with Gasteiger partial charge in [0.15, 0.2) is 5.13 Å². The SMILES string of the molecule is C=C[C@@H]1C[C@]1(NC(=O)[C@@H]1CC(Oc2cc(-c3csc(N)n3)nc3cc(OC)ccc23)CN1C(=O)C(NC(=O)OC1CCCC1)C(C)(C)C)C(=O)OC. The number of fused-ring (bicyclic) bond motifs is 1. The van der Waals surface area contributed by atoms with Crippen LogP contribution in [-0.4, -0.2) is 89.3 Å². The fourth-order valence-electron chi connectivity index (χ4n) is 7.10. The number of hydrogen-bond acceptors (Lipinski definition) is 12. The van der Waals surface area contributed by atoms with Crippen LogP contribution in [0.15, 0.2) is 42.3 Å². The molecule has 52 heavy (non-hydrogen) atoms. The highest BCUT2D eigenvalue weighted by atomic mass is 32.1. The van der Waals surface area contributed by atoms with Gasteiger partial charge in [0.05, 0.1) is 32.0 Å². The highest BCUT2D eigenvalue weighted by Gasteiger charge is 2.62. The highest BCUT2D eigenvalue weighted by molar-refractivity contribution is 7.13. The van der Waals surface area contributed by atoms with Crippen molar-refractivity contribution in [3.63, 3.8) is 0 Å². The summed E-state index contributed by atoms with van der Waals surface area (Å²) >= 11 is 1.28. The second-order valence-corrected chi connectivity index (χ2v) is 15.6. The van der Waals surface area contributed by atoms with Crippen LogP contribution in [0, 0.1) is 11.3 Å². The Morgan fingerprint density at radius 2 is 1.85 bits per heavy atom. The first-order chi connectivity index (χ1) is 24.8. The van der Waals surface area contributed by atoms with Crippen molar-refractivity contribution in [2.24, 2.45) is 11.3 Å². The van der Waals surface area contributed by atoms with E-state index in [0.717, 1.165) is 25.7 Å². The fourth-order valence-corrected chi connectivity index (χ4v) is 7.66. The van der Waals surface area contributed by atoms with E-state index in [0.29, 0.717) is 45.3 Å². The van der Waals surface area contributed by atoms with Gasteiger partial charge in [-0.05, 0) is 49.7 Å². The van der Waals surface area contributed by atoms with Gasteiger partial charge in [0.1, 0.15) is 47.0 Å². The molecule has 3 fully saturated rings. The van der Waals surface area contributed by atoms with E-state index < -0.39 is 53.0 Å². The third-order valence-electron chi connectivity index (χ3n) is 10.1. The Morgan fingerprint density at radius 3 is 2.46 bits per heavy atom. The molecule has 6 rings (SSSR count). The second kappa shape index (κ2) is 14.6. The van der Waals surface area contributed by atoms with E-state index in [1.54, 1.807) is 36.8 Å². The van der Waals surface area contributed by atoms with Gasteiger partial charge in [-0.3, -0.25) is 9.59 Å². The number of methoxy groups -OCH3 is 2. The van der Waals surface area contributed by atoms with Crippen molar-refractivity contribution < 1.29 is 38.1 Å². The number of benzene rings is 1. The van der Waals surface area contributed by atoms with Gasteiger partial charge in [-0.2, -0.15) is 0 Å². The number of carbonyl (C=O) groups is 4. The summed E-state index contributed by atoms with van der Waals surface area (Å²) < 4.78 is 22.8. The fraction of sp³-hybridized carbons (Fsp3) is 0.514. The minimum atomic E-state index is -1.28. The lowest BCUT2D eigenvalue weighted by Crippen LogP contribution is -2.59. The van der Waals surface area contributed by atoms with Crippen molar-refractivity contribution in [2.75, 3.05) is 26.5 Å². The molecule has 1 saturated heterocycles. The van der Waals surface area contributed by atoms with Crippen molar-refractivity contribution in [1.82, 2.24) is 25.5 Å².